The number of methoxy groups -OCH3 is 1. The molecule has 0 saturated carbocycles. The van der Waals surface area contributed by atoms with Gasteiger partial charge in [0.05, 0.1) is 4.92 Å². The highest BCUT2D eigenvalue weighted by molar-refractivity contribution is 5.75. The summed E-state index contributed by atoms with van der Waals surface area (Å²) in [6.07, 6.45) is 2.04. The lowest BCUT2D eigenvalue weighted by molar-refractivity contribution is -0.383. The van der Waals surface area contributed by atoms with Crippen LogP contribution >= 0.6 is 0 Å². The van der Waals surface area contributed by atoms with Crippen LogP contribution in [0.2, 0.25) is 0 Å². The lowest BCUT2D eigenvalue weighted by atomic mass is 10.3. The van der Waals surface area contributed by atoms with Gasteiger partial charge >= 0.3 is 5.69 Å². The number of para-hydroxylation sites is 1. The zero-order chi connectivity index (χ0) is 16.7. The Morgan fingerprint density at radius 3 is 2.70 bits per heavy atom. The second-order valence-electron chi connectivity index (χ2n) is 4.82. The van der Waals surface area contributed by atoms with Crippen molar-refractivity contribution in [3.05, 3.63) is 46.8 Å². The van der Waals surface area contributed by atoms with Gasteiger partial charge in [-0.2, -0.15) is 0 Å². The maximum absolute atomic E-state index is 11.5. The quantitative estimate of drug-likeness (QED) is 0.454. The van der Waals surface area contributed by atoms with Crippen molar-refractivity contribution in [1.82, 2.24) is 9.97 Å². The fraction of sp³-hybridized carbons (Fsp3) is 0.333. The first-order valence-electron chi connectivity index (χ1n) is 7.16. The van der Waals surface area contributed by atoms with E-state index < -0.39 is 4.92 Å². The van der Waals surface area contributed by atoms with Crippen LogP contribution in [0, 0.1) is 10.1 Å². The molecule has 0 atom stereocenters. The largest absolute Gasteiger partial charge is 0.385 e. The molecule has 23 heavy (non-hydrogen) atoms. The lowest BCUT2D eigenvalue weighted by Gasteiger charge is -2.18. The number of hydrogen-bond acceptors (Lipinski definition) is 7. The Morgan fingerprint density at radius 1 is 1.30 bits per heavy atom. The highest BCUT2D eigenvalue weighted by Gasteiger charge is 2.25. The first kappa shape index (κ1) is 16.6. The van der Waals surface area contributed by atoms with Gasteiger partial charge in [-0.25, -0.2) is 9.97 Å². The SMILES string of the molecule is COCCCNc1ncnc(N(C)c2ccccc2)c1[N+](=O)[O-]. The van der Waals surface area contributed by atoms with E-state index in [1.54, 1.807) is 19.1 Å². The molecule has 0 unspecified atom stereocenters. The van der Waals surface area contributed by atoms with Gasteiger partial charge in [0.25, 0.3) is 0 Å². The van der Waals surface area contributed by atoms with Crippen molar-refractivity contribution in [3.63, 3.8) is 0 Å². The summed E-state index contributed by atoms with van der Waals surface area (Å²) in [4.78, 5) is 20.8. The molecule has 1 N–H and O–H groups in total. The van der Waals surface area contributed by atoms with E-state index >= 15 is 0 Å². The summed E-state index contributed by atoms with van der Waals surface area (Å²) in [5, 5.41) is 14.5. The highest BCUT2D eigenvalue weighted by Crippen LogP contribution is 2.34. The van der Waals surface area contributed by atoms with E-state index in [0.717, 1.165) is 12.1 Å². The summed E-state index contributed by atoms with van der Waals surface area (Å²) in [7, 11) is 3.35. The van der Waals surface area contributed by atoms with E-state index in [4.69, 9.17) is 4.74 Å². The number of nitrogens with one attached hydrogen (secondary N) is 1. The lowest BCUT2D eigenvalue weighted by Crippen LogP contribution is -2.16. The van der Waals surface area contributed by atoms with Gasteiger partial charge < -0.3 is 15.0 Å². The summed E-state index contributed by atoms with van der Waals surface area (Å²) in [6, 6.07) is 9.33. The van der Waals surface area contributed by atoms with Gasteiger partial charge in [-0.1, -0.05) is 18.2 Å². The molecule has 8 nitrogen and oxygen atoms in total. The highest BCUT2D eigenvalue weighted by atomic mass is 16.6. The average Bonchev–Trinajstić information content (AvgIpc) is 2.58. The standard InChI is InChI=1S/C15H19N5O3/c1-19(12-7-4-3-5-8-12)15-13(20(21)22)14(17-11-18-15)16-9-6-10-23-2/h3-5,7-8,11H,6,9-10H2,1-2H3,(H,16,17,18). The number of aromatic nitrogens is 2. The van der Waals surface area contributed by atoms with Gasteiger partial charge in [0.1, 0.15) is 6.33 Å². The van der Waals surface area contributed by atoms with E-state index in [2.05, 4.69) is 15.3 Å². The van der Waals surface area contributed by atoms with Crippen molar-refractivity contribution in [2.45, 2.75) is 6.42 Å². The fourth-order valence-electron chi connectivity index (χ4n) is 2.11. The molecule has 0 spiro atoms. The predicted molar refractivity (Wildman–Crippen MR) is 88.2 cm³/mol. The van der Waals surface area contributed by atoms with Crippen LogP contribution in [0.25, 0.3) is 0 Å². The van der Waals surface area contributed by atoms with Crippen LogP contribution < -0.4 is 10.2 Å². The summed E-state index contributed by atoms with van der Waals surface area (Å²) >= 11 is 0. The molecule has 2 rings (SSSR count). The van der Waals surface area contributed by atoms with Gasteiger partial charge in [0.15, 0.2) is 0 Å². The number of anilines is 3. The van der Waals surface area contributed by atoms with Gasteiger partial charge in [-0.05, 0) is 18.6 Å². The topological polar surface area (TPSA) is 93.4 Å². The van der Waals surface area contributed by atoms with Crippen molar-refractivity contribution in [2.75, 3.05) is 37.5 Å². The molecule has 0 amide bonds. The number of hydrogen-bond donors (Lipinski definition) is 1. The molecule has 0 fully saturated rings. The van der Waals surface area contributed by atoms with Crippen molar-refractivity contribution < 1.29 is 9.66 Å². The van der Waals surface area contributed by atoms with Crippen LogP contribution in [0.5, 0.6) is 0 Å². The van der Waals surface area contributed by atoms with Crippen LogP contribution in [-0.4, -0.2) is 42.2 Å². The molecule has 0 aliphatic carbocycles. The predicted octanol–water partition coefficient (Wildman–Crippen LogP) is 2.60. The maximum Gasteiger partial charge on any atom is 0.353 e. The minimum absolute atomic E-state index is 0.142. The third kappa shape index (κ3) is 4.13. The Bertz CT molecular complexity index is 651. The Morgan fingerprint density at radius 2 is 2.04 bits per heavy atom. The zero-order valence-electron chi connectivity index (χ0n) is 13.1. The zero-order valence-corrected chi connectivity index (χ0v) is 13.1. The second-order valence-corrected chi connectivity index (χ2v) is 4.82. The smallest absolute Gasteiger partial charge is 0.353 e. The van der Waals surface area contributed by atoms with Gasteiger partial charge in [-0.3, -0.25) is 10.1 Å². The summed E-state index contributed by atoms with van der Waals surface area (Å²) in [6.45, 7) is 1.10. The van der Waals surface area contributed by atoms with Gasteiger partial charge in [0.2, 0.25) is 11.6 Å². The minimum atomic E-state index is -0.465. The van der Waals surface area contributed by atoms with Crippen molar-refractivity contribution in [1.29, 1.82) is 0 Å². The van der Waals surface area contributed by atoms with Crippen LogP contribution in [-0.2, 0) is 4.74 Å². The molecule has 0 radical (unpaired) electrons. The molecule has 122 valence electrons. The molecule has 0 aliphatic rings. The third-order valence-electron chi connectivity index (χ3n) is 3.26. The molecule has 0 aliphatic heterocycles. The minimum Gasteiger partial charge on any atom is -0.385 e. The molecule has 1 aromatic carbocycles. The van der Waals surface area contributed by atoms with E-state index in [9.17, 15) is 10.1 Å². The van der Waals surface area contributed by atoms with Crippen LogP contribution in [0.4, 0.5) is 23.0 Å². The molecule has 0 bridgehead atoms. The van der Waals surface area contributed by atoms with E-state index in [1.165, 1.54) is 6.33 Å². The Kier molecular flexibility index (Phi) is 5.81. The van der Waals surface area contributed by atoms with Gasteiger partial charge in [0, 0.05) is 33.0 Å². The molecule has 1 aromatic heterocycles. The number of benzene rings is 1. The molecular weight excluding hydrogens is 298 g/mol. The molecule has 8 heteroatoms. The van der Waals surface area contributed by atoms with Crippen LogP contribution in [0.3, 0.4) is 0 Å². The monoisotopic (exact) mass is 317 g/mol. The maximum atomic E-state index is 11.5. The first-order valence-corrected chi connectivity index (χ1v) is 7.16. The van der Waals surface area contributed by atoms with E-state index in [0.29, 0.717) is 13.2 Å². The van der Waals surface area contributed by atoms with Crippen LogP contribution in [0.15, 0.2) is 36.7 Å². The number of nitrogens with zero attached hydrogens (tertiary/aromatic N) is 4. The molecule has 1 heterocycles. The number of rotatable bonds is 8. The average molecular weight is 317 g/mol. The summed E-state index contributed by atoms with van der Waals surface area (Å²) < 4.78 is 4.96. The van der Waals surface area contributed by atoms with Crippen molar-refractivity contribution in [3.8, 4) is 0 Å². The van der Waals surface area contributed by atoms with E-state index in [1.807, 2.05) is 30.3 Å². The fourth-order valence-corrected chi connectivity index (χ4v) is 2.11. The van der Waals surface area contributed by atoms with Crippen molar-refractivity contribution >= 4 is 23.0 Å². The summed E-state index contributed by atoms with van der Waals surface area (Å²) in [5.74, 6) is 0.448. The molecule has 2 aromatic rings. The second kappa shape index (κ2) is 8.04. The van der Waals surface area contributed by atoms with E-state index in [-0.39, 0.29) is 17.3 Å². The normalized spacial score (nSPS) is 10.3. The number of nitro groups is 1. The molecular formula is C15H19N5O3. The Hall–Kier alpha value is -2.74. The first-order chi connectivity index (χ1) is 11.1. The Labute approximate surface area is 134 Å². The Balaban J connectivity index is 2.30. The van der Waals surface area contributed by atoms with Gasteiger partial charge in [-0.15, -0.1) is 0 Å². The van der Waals surface area contributed by atoms with Crippen LogP contribution in [0.1, 0.15) is 6.42 Å². The van der Waals surface area contributed by atoms with Crippen molar-refractivity contribution in [2.24, 2.45) is 0 Å². The third-order valence-corrected chi connectivity index (χ3v) is 3.26. The summed E-state index contributed by atoms with van der Waals surface area (Å²) in [5.41, 5.74) is 0.663. The number of ether oxygens (including phenoxy) is 1. The molecule has 0 saturated heterocycles.